The summed E-state index contributed by atoms with van der Waals surface area (Å²) in [5.41, 5.74) is 1.49. The Morgan fingerprint density at radius 1 is 1.23 bits per heavy atom. The molecule has 0 bridgehead atoms. The number of para-hydroxylation sites is 2. The van der Waals surface area contributed by atoms with Crippen molar-refractivity contribution in [3.8, 4) is 5.75 Å². The molecule has 0 saturated heterocycles. The summed E-state index contributed by atoms with van der Waals surface area (Å²) < 4.78 is 5.79. The number of nitrogens with one attached hydrogen (secondary N) is 2. The highest BCUT2D eigenvalue weighted by Crippen LogP contribution is 2.33. The van der Waals surface area contributed by atoms with Crippen LogP contribution >= 0.6 is 11.3 Å². The third-order valence-corrected chi connectivity index (χ3v) is 5.18. The third-order valence-electron chi connectivity index (χ3n) is 4.03. The lowest BCUT2D eigenvalue weighted by Crippen LogP contribution is -2.13. The van der Waals surface area contributed by atoms with E-state index in [4.69, 9.17) is 4.74 Å². The predicted molar refractivity (Wildman–Crippen MR) is 105 cm³/mol. The van der Waals surface area contributed by atoms with E-state index >= 15 is 0 Å². The van der Waals surface area contributed by atoms with E-state index < -0.39 is 0 Å². The minimum atomic E-state index is -0.194. The number of thiophene rings is 1. The summed E-state index contributed by atoms with van der Waals surface area (Å²) in [6.07, 6.45) is 1.91. The van der Waals surface area contributed by atoms with E-state index in [1.54, 1.807) is 0 Å². The number of anilines is 2. The Kier molecular flexibility index (Phi) is 5.61. The van der Waals surface area contributed by atoms with Crippen molar-refractivity contribution in [2.75, 3.05) is 17.2 Å². The molecule has 1 saturated carbocycles. The van der Waals surface area contributed by atoms with Crippen molar-refractivity contribution in [2.24, 2.45) is 11.8 Å². The van der Waals surface area contributed by atoms with E-state index in [9.17, 15) is 9.59 Å². The van der Waals surface area contributed by atoms with Gasteiger partial charge in [0.1, 0.15) is 5.75 Å². The van der Waals surface area contributed by atoms with Crippen molar-refractivity contribution in [1.29, 1.82) is 0 Å². The highest BCUT2D eigenvalue weighted by atomic mass is 32.1. The largest absolute Gasteiger partial charge is 0.491 e. The Morgan fingerprint density at radius 2 is 1.96 bits per heavy atom. The van der Waals surface area contributed by atoms with E-state index in [1.807, 2.05) is 37.3 Å². The molecular formula is C20H24N2O3S. The van der Waals surface area contributed by atoms with Gasteiger partial charge in [0.2, 0.25) is 5.91 Å². The fourth-order valence-electron chi connectivity index (χ4n) is 2.47. The highest BCUT2D eigenvalue weighted by Gasteiger charge is 2.30. The maximum Gasteiger partial charge on any atom is 0.266 e. The number of carbonyl (C=O) groups excluding carboxylic acids is 2. The van der Waals surface area contributed by atoms with Crippen molar-refractivity contribution < 1.29 is 14.3 Å². The van der Waals surface area contributed by atoms with Crippen molar-refractivity contribution in [3.63, 3.8) is 0 Å². The molecule has 0 atom stereocenters. The zero-order valence-electron chi connectivity index (χ0n) is 15.3. The van der Waals surface area contributed by atoms with Gasteiger partial charge in [0, 0.05) is 5.92 Å². The van der Waals surface area contributed by atoms with Crippen molar-refractivity contribution in [1.82, 2.24) is 0 Å². The van der Waals surface area contributed by atoms with Crippen LogP contribution in [0.25, 0.3) is 0 Å². The van der Waals surface area contributed by atoms with Gasteiger partial charge in [-0.05, 0) is 49.4 Å². The first-order chi connectivity index (χ1) is 12.4. The van der Waals surface area contributed by atoms with Crippen molar-refractivity contribution in [3.05, 3.63) is 40.8 Å². The molecule has 1 aliphatic carbocycles. The number of hydrogen-bond donors (Lipinski definition) is 2. The van der Waals surface area contributed by atoms with Gasteiger partial charge in [-0.3, -0.25) is 9.59 Å². The molecule has 26 heavy (non-hydrogen) atoms. The smallest absolute Gasteiger partial charge is 0.266 e. The Balaban J connectivity index is 1.70. The minimum Gasteiger partial charge on any atom is -0.491 e. The molecule has 0 radical (unpaired) electrons. The second-order valence-corrected chi connectivity index (χ2v) is 8.09. The zero-order valence-corrected chi connectivity index (χ0v) is 16.1. The van der Waals surface area contributed by atoms with Crippen LogP contribution in [0.3, 0.4) is 0 Å². The lowest BCUT2D eigenvalue weighted by Gasteiger charge is -2.13. The molecule has 1 aromatic carbocycles. The molecule has 138 valence electrons. The van der Waals surface area contributed by atoms with Gasteiger partial charge in [-0.2, -0.15) is 0 Å². The summed E-state index contributed by atoms with van der Waals surface area (Å²) in [7, 11) is 0. The maximum absolute atomic E-state index is 12.7. The van der Waals surface area contributed by atoms with Gasteiger partial charge in [-0.25, -0.2) is 0 Å². The van der Waals surface area contributed by atoms with Crippen LogP contribution in [0.4, 0.5) is 10.7 Å². The van der Waals surface area contributed by atoms with Crippen LogP contribution in [0.15, 0.2) is 30.3 Å². The predicted octanol–water partition coefficient (Wildman–Crippen LogP) is 4.69. The molecule has 2 aromatic rings. The average molecular weight is 372 g/mol. The van der Waals surface area contributed by atoms with E-state index in [-0.39, 0.29) is 17.7 Å². The van der Waals surface area contributed by atoms with Crippen LogP contribution in [0.5, 0.6) is 5.75 Å². The van der Waals surface area contributed by atoms with Crippen molar-refractivity contribution in [2.45, 2.75) is 33.6 Å². The number of carbonyl (C=O) groups is 2. The standard InChI is InChI=1S/C20H24N2O3S/c1-12(2)11-25-16-7-5-4-6-15(16)21-20(24)18-13(3)10-17(26-18)22-19(23)14-8-9-14/h4-7,10,12,14H,8-9,11H2,1-3H3,(H,21,24)(H,22,23). The van der Waals surface area contributed by atoms with Gasteiger partial charge in [0.05, 0.1) is 22.2 Å². The Morgan fingerprint density at radius 3 is 2.65 bits per heavy atom. The monoisotopic (exact) mass is 372 g/mol. The van der Waals surface area contributed by atoms with Crippen LogP contribution in [0.2, 0.25) is 0 Å². The van der Waals surface area contributed by atoms with E-state index in [1.165, 1.54) is 11.3 Å². The number of amides is 2. The third kappa shape index (κ3) is 4.64. The first-order valence-corrected chi connectivity index (χ1v) is 9.70. The van der Waals surface area contributed by atoms with Crippen LogP contribution in [-0.2, 0) is 4.79 Å². The van der Waals surface area contributed by atoms with E-state index in [0.717, 1.165) is 18.4 Å². The Bertz CT molecular complexity index is 809. The molecule has 1 aliphatic rings. The Labute approximate surface area is 157 Å². The molecule has 2 amide bonds. The van der Waals surface area contributed by atoms with Crippen LogP contribution in [0, 0.1) is 18.8 Å². The Hall–Kier alpha value is -2.34. The maximum atomic E-state index is 12.7. The average Bonchev–Trinajstić information content (AvgIpc) is 3.38. The first kappa shape index (κ1) is 18.5. The van der Waals surface area contributed by atoms with Gasteiger partial charge in [0.15, 0.2) is 0 Å². The molecule has 0 spiro atoms. The molecule has 3 rings (SSSR count). The van der Waals surface area contributed by atoms with Crippen LogP contribution < -0.4 is 15.4 Å². The van der Waals surface area contributed by atoms with E-state index in [2.05, 4.69) is 24.5 Å². The SMILES string of the molecule is Cc1cc(NC(=O)C2CC2)sc1C(=O)Nc1ccccc1OCC(C)C. The summed E-state index contributed by atoms with van der Waals surface area (Å²) in [6, 6.07) is 9.27. The first-order valence-electron chi connectivity index (χ1n) is 8.88. The molecule has 1 fully saturated rings. The van der Waals surface area contributed by atoms with E-state index in [0.29, 0.717) is 33.8 Å². The number of benzene rings is 1. The molecule has 6 heteroatoms. The van der Waals surface area contributed by atoms with Gasteiger partial charge >= 0.3 is 0 Å². The summed E-state index contributed by atoms with van der Waals surface area (Å²) >= 11 is 1.30. The second-order valence-electron chi connectivity index (χ2n) is 7.04. The lowest BCUT2D eigenvalue weighted by molar-refractivity contribution is -0.117. The fourth-order valence-corrected chi connectivity index (χ4v) is 3.44. The fraction of sp³-hybridized carbons (Fsp3) is 0.400. The molecule has 5 nitrogen and oxygen atoms in total. The number of ether oxygens (including phenoxy) is 1. The zero-order chi connectivity index (χ0) is 18.7. The summed E-state index contributed by atoms with van der Waals surface area (Å²) in [5, 5.41) is 6.55. The van der Waals surface area contributed by atoms with Gasteiger partial charge < -0.3 is 15.4 Å². The van der Waals surface area contributed by atoms with Gasteiger partial charge in [-0.1, -0.05) is 26.0 Å². The normalized spacial score (nSPS) is 13.5. The molecule has 0 aliphatic heterocycles. The second kappa shape index (κ2) is 7.91. The number of aryl methyl sites for hydroxylation is 1. The van der Waals surface area contributed by atoms with Crippen LogP contribution in [-0.4, -0.2) is 18.4 Å². The van der Waals surface area contributed by atoms with Gasteiger partial charge in [-0.15, -0.1) is 11.3 Å². The summed E-state index contributed by atoms with van der Waals surface area (Å²) in [4.78, 5) is 25.2. The lowest BCUT2D eigenvalue weighted by atomic mass is 10.2. The minimum absolute atomic E-state index is 0.0469. The number of hydrogen-bond acceptors (Lipinski definition) is 4. The van der Waals surface area contributed by atoms with Crippen LogP contribution in [0.1, 0.15) is 41.9 Å². The molecule has 1 heterocycles. The quantitative estimate of drug-likeness (QED) is 0.741. The van der Waals surface area contributed by atoms with Gasteiger partial charge in [0.25, 0.3) is 5.91 Å². The number of rotatable bonds is 7. The molecule has 2 N–H and O–H groups in total. The topological polar surface area (TPSA) is 67.4 Å². The van der Waals surface area contributed by atoms with Crippen molar-refractivity contribution >= 4 is 33.8 Å². The molecular weight excluding hydrogens is 348 g/mol. The highest BCUT2D eigenvalue weighted by molar-refractivity contribution is 7.18. The summed E-state index contributed by atoms with van der Waals surface area (Å²) in [6.45, 7) is 6.61. The molecule has 1 aromatic heterocycles. The summed E-state index contributed by atoms with van der Waals surface area (Å²) in [5.74, 6) is 1.05. The molecule has 0 unspecified atom stereocenters.